The molecule has 3 heteroatoms. The summed E-state index contributed by atoms with van der Waals surface area (Å²) in [5.74, 6) is 0. The molecule has 1 rings (SSSR count). The minimum absolute atomic E-state index is 0.153. The first kappa shape index (κ1) is 13.9. The van der Waals surface area contributed by atoms with Crippen molar-refractivity contribution in [2.45, 2.75) is 43.7 Å². The summed E-state index contributed by atoms with van der Waals surface area (Å²) in [5.41, 5.74) is 7.32. The third-order valence-electron chi connectivity index (χ3n) is 2.63. The molecule has 0 saturated carbocycles. The maximum absolute atomic E-state index is 6.06. The molecule has 0 aromatic heterocycles. The van der Waals surface area contributed by atoms with Crippen molar-refractivity contribution in [1.29, 1.82) is 0 Å². The molecule has 0 aliphatic rings. The number of thioether (sulfide) groups is 1. The molecule has 1 nitrogen and oxygen atoms in total. The van der Waals surface area contributed by atoms with Crippen molar-refractivity contribution in [3.05, 3.63) is 34.9 Å². The molecule has 1 aromatic rings. The highest BCUT2D eigenvalue weighted by atomic mass is 35.5. The summed E-state index contributed by atoms with van der Waals surface area (Å²) in [7, 11) is 0. The molecule has 0 saturated heterocycles. The highest BCUT2D eigenvalue weighted by Gasteiger charge is 2.18. The molecular weight excluding hydrogens is 238 g/mol. The van der Waals surface area contributed by atoms with Crippen molar-refractivity contribution in [1.82, 2.24) is 0 Å². The second kappa shape index (κ2) is 6.53. The Morgan fingerprint density at radius 1 is 1.25 bits per heavy atom. The average Bonchev–Trinajstić information content (AvgIpc) is 2.26. The van der Waals surface area contributed by atoms with E-state index in [1.165, 1.54) is 12.0 Å². The Hall–Kier alpha value is -0.180. The molecule has 90 valence electrons. The second-order valence-electron chi connectivity index (χ2n) is 4.19. The minimum atomic E-state index is 0.153. The molecule has 1 aromatic carbocycles. The summed E-state index contributed by atoms with van der Waals surface area (Å²) < 4.78 is 0. The van der Waals surface area contributed by atoms with E-state index in [1.54, 1.807) is 0 Å². The van der Waals surface area contributed by atoms with Crippen molar-refractivity contribution in [2.24, 2.45) is 5.73 Å². The van der Waals surface area contributed by atoms with E-state index >= 15 is 0 Å². The number of rotatable bonds is 5. The zero-order valence-electron chi connectivity index (χ0n) is 10.1. The van der Waals surface area contributed by atoms with Gasteiger partial charge in [-0.2, -0.15) is 0 Å². The van der Waals surface area contributed by atoms with Gasteiger partial charge in [0.1, 0.15) is 0 Å². The average molecular weight is 258 g/mol. The van der Waals surface area contributed by atoms with E-state index in [0.717, 1.165) is 5.02 Å². The zero-order chi connectivity index (χ0) is 12.1. The van der Waals surface area contributed by atoms with Gasteiger partial charge in [0, 0.05) is 21.6 Å². The smallest absolute Gasteiger partial charge is 0.0448 e. The van der Waals surface area contributed by atoms with Gasteiger partial charge in [0.2, 0.25) is 0 Å². The highest BCUT2D eigenvalue weighted by molar-refractivity contribution is 8.00. The fraction of sp³-hybridized carbons (Fsp3) is 0.538. The Morgan fingerprint density at radius 3 is 2.25 bits per heavy atom. The van der Waals surface area contributed by atoms with Gasteiger partial charge in [0.25, 0.3) is 0 Å². The summed E-state index contributed by atoms with van der Waals surface area (Å²) in [5, 5.41) is 1.76. The van der Waals surface area contributed by atoms with Gasteiger partial charge < -0.3 is 5.73 Å². The highest BCUT2D eigenvalue weighted by Crippen LogP contribution is 2.35. The predicted molar refractivity (Wildman–Crippen MR) is 75.2 cm³/mol. The van der Waals surface area contributed by atoms with Crippen LogP contribution in [0.2, 0.25) is 5.02 Å². The van der Waals surface area contributed by atoms with Crippen molar-refractivity contribution in [3.63, 3.8) is 0 Å². The van der Waals surface area contributed by atoms with E-state index in [2.05, 4.69) is 32.9 Å². The van der Waals surface area contributed by atoms with E-state index in [-0.39, 0.29) is 6.04 Å². The van der Waals surface area contributed by atoms with E-state index in [9.17, 15) is 0 Å². The quantitative estimate of drug-likeness (QED) is 0.853. The van der Waals surface area contributed by atoms with E-state index < -0.39 is 0 Å². The van der Waals surface area contributed by atoms with Gasteiger partial charge in [-0.15, -0.1) is 11.8 Å². The van der Waals surface area contributed by atoms with Crippen molar-refractivity contribution in [2.75, 3.05) is 0 Å². The Labute approximate surface area is 108 Å². The molecule has 16 heavy (non-hydrogen) atoms. The molecule has 0 aliphatic heterocycles. The Morgan fingerprint density at radius 2 is 1.81 bits per heavy atom. The maximum Gasteiger partial charge on any atom is 0.0448 e. The standard InChI is InChI=1S/C13H20ClNS/c1-4-9(2)16-13(10(3)15)11-5-7-12(14)8-6-11/h5-10,13H,4,15H2,1-3H3. The summed E-state index contributed by atoms with van der Waals surface area (Å²) in [6, 6.07) is 8.17. The fourth-order valence-corrected chi connectivity index (χ4v) is 2.89. The molecule has 0 amide bonds. The summed E-state index contributed by atoms with van der Waals surface area (Å²) in [6.45, 7) is 6.52. The van der Waals surface area contributed by atoms with Gasteiger partial charge in [-0.25, -0.2) is 0 Å². The molecular formula is C13H20ClNS. The topological polar surface area (TPSA) is 26.0 Å². The SMILES string of the molecule is CCC(C)SC(c1ccc(Cl)cc1)C(C)N. The molecule has 2 N–H and O–H groups in total. The first-order valence-electron chi connectivity index (χ1n) is 5.71. The molecule has 3 atom stereocenters. The van der Waals surface area contributed by atoms with Gasteiger partial charge in [0.05, 0.1) is 0 Å². The van der Waals surface area contributed by atoms with E-state index in [1.807, 2.05) is 23.9 Å². The van der Waals surface area contributed by atoms with Crippen LogP contribution < -0.4 is 5.73 Å². The van der Waals surface area contributed by atoms with Crippen molar-refractivity contribution >= 4 is 23.4 Å². The first-order chi connectivity index (χ1) is 7.54. The lowest BCUT2D eigenvalue weighted by Crippen LogP contribution is -2.24. The predicted octanol–water partition coefficient (Wildman–Crippen LogP) is 4.26. The van der Waals surface area contributed by atoms with Crippen molar-refractivity contribution < 1.29 is 0 Å². The van der Waals surface area contributed by atoms with Crippen LogP contribution in [0.15, 0.2) is 24.3 Å². The molecule has 0 radical (unpaired) electrons. The number of benzene rings is 1. The van der Waals surface area contributed by atoms with Gasteiger partial charge in [-0.1, -0.05) is 37.6 Å². The summed E-state index contributed by atoms with van der Waals surface area (Å²) in [6.07, 6.45) is 1.17. The lowest BCUT2D eigenvalue weighted by Gasteiger charge is -2.24. The van der Waals surface area contributed by atoms with Gasteiger partial charge >= 0.3 is 0 Å². The van der Waals surface area contributed by atoms with Crippen LogP contribution in [0.1, 0.15) is 38.0 Å². The van der Waals surface area contributed by atoms with Crippen LogP contribution in [0.3, 0.4) is 0 Å². The summed E-state index contributed by atoms with van der Waals surface area (Å²) >= 11 is 7.83. The lowest BCUT2D eigenvalue weighted by molar-refractivity contribution is 0.715. The third-order valence-corrected chi connectivity index (χ3v) is 4.67. The van der Waals surface area contributed by atoms with Gasteiger partial charge in [0.15, 0.2) is 0 Å². The number of nitrogens with two attached hydrogens (primary N) is 1. The third kappa shape index (κ3) is 4.00. The van der Waals surface area contributed by atoms with Crippen molar-refractivity contribution in [3.8, 4) is 0 Å². The van der Waals surface area contributed by atoms with E-state index in [0.29, 0.717) is 10.5 Å². The van der Waals surface area contributed by atoms with Crippen LogP contribution in [-0.4, -0.2) is 11.3 Å². The zero-order valence-corrected chi connectivity index (χ0v) is 11.7. The second-order valence-corrected chi connectivity index (χ2v) is 6.21. The molecule has 0 bridgehead atoms. The fourth-order valence-electron chi connectivity index (χ4n) is 1.51. The van der Waals surface area contributed by atoms with Crippen LogP contribution in [0, 0.1) is 0 Å². The van der Waals surface area contributed by atoms with Gasteiger partial charge in [-0.3, -0.25) is 0 Å². The largest absolute Gasteiger partial charge is 0.327 e. The van der Waals surface area contributed by atoms with Crippen LogP contribution in [0.4, 0.5) is 0 Å². The van der Waals surface area contributed by atoms with Crippen LogP contribution in [0.25, 0.3) is 0 Å². The maximum atomic E-state index is 6.06. The number of hydrogen-bond donors (Lipinski definition) is 1. The molecule has 0 aliphatic carbocycles. The van der Waals surface area contributed by atoms with Crippen LogP contribution in [0.5, 0.6) is 0 Å². The monoisotopic (exact) mass is 257 g/mol. The van der Waals surface area contributed by atoms with E-state index in [4.69, 9.17) is 17.3 Å². The first-order valence-corrected chi connectivity index (χ1v) is 7.03. The lowest BCUT2D eigenvalue weighted by atomic mass is 10.1. The number of halogens is 1. The Bertz CT molecular complexity index is 310. The number of hydrogen-bond acceptors (Lipinski definition) is 2. The van der Waals surface area contributed by atoms with Crippen LogP contribution in [-0.2, 0) is 0 Å². The summed E-state index contributed by atoms with van der Waals surface area (Å²) in [4.78, 5) is 0. The Kier molecular flexibility index (Phi) is 5.67. The van der Waals surface area contributed by atoms with Crippen LogP contribution >= 0.6 is 23.4 Å². The Balaban J connectivity index is 2.81. The normalized spacial score (nSPS) is 16.8. The molecule has 0 fully saturated rings. The molecule has 0 spiro atoms. The molecule has 0 heterocycles. The van der Waals surface area contributed by atoms with Gasteiger partial charge in [-0.05, 0) is 31.0 Å². The molecule has 3 unspecified atom stereocenters. The minimum Gasteiger partial charge on any atom is -0.327 e.